The number of Topliss-reactive ketones (excluding diaryl/α,β-unsaturated/α-hetero) is 1. The van der Waals surface area contributed by atoms with Crippen LogP contribution in [0, 0.1) is 13.8 Å². The zero-order chi connectivity index (χ0) is 25.8. The van der Waals surface area contributed by atoms with Crippen molar-refractivity contribution in [2.24, 2.45) is 0 Å². The van der Waals surface area contributed by atoms with Crippen LogP contribution < -0.4 is 4.74 Å². The van der Waals surface area contributed by atoms with Gasteiger partial charge >= 0.3 is 5.97 Å². The van der Waals surface area contributed by atoms with Crippen molar-refractivity contribution in [3.8, 4) is 11.4 Å². The van der Waals surface area contributed by atoms with E-state index in [1.165, 1.54) is 28.6 Å². The minimum atomic E-state index is -3.62. The molecule has 1 heterocycles. The Bertz CT molecular complexity index is 1310. The first-order valence-corrected chi connectivity index (χ1v) is 12.7. The summed E-state index contributed by atoms with van der Waals surface area (Å²) >= 11 is 0. The maximum atomic E-state index is 12.8. The second kappa shape index (κ2) is 10.9. The molecular weight excluding hydrogens is 468 g/mol. The summed E-state index contributed by atoms with van der Waals surface area (Å²) in [5.41, 5.74) is 3.12. The van der Waals surface area contributed by atoms with Crippen LogP contribution in [0.3, 0.4) is 0 Å². The lowest BCUT2D eigenvalue weighted by Gasteiger charge is -2.18. The van der Waals surface area contributed by atoms with E-state index >= 15 is 0 Å². The van der Waals surface area contributed by atoms with Crippen molar-refractivity contribution in [3.05, 3.63) is 77.1 Å². The summed E-state index contributed by atoms with van der Waals surface area (Å²) < 4.78 is 38.9. The average Bonchev–Trinajstić information content (AvgIpc) is 3.16. The lowest BCUT2D eigenvalue weighted by atomic mass is 10.1. The van der Waals surface area contributed by atoms with Crippen molar-refractivity contribution in [2.45, 2.75) is 32.6 Å². The molecule has 9 heteroatoms. The zero-order valence-corrected chi connectivity index (χ0v) is 21.4. The van der Waals surface area contributed by atoms with Crippen molar-refractivity contribution in [2.75, 3.05) is 26.8 Å². The van der Waals surface area contributed by atoms with E-state index in [2.05, 4.69) is 0 Å². The minimum Gasteiger partial charge on any atom is -0.497 e. The number of ketones is 1. The van der Waals surface area contributed by atoms with E-state index in [1.807, 2.05) is 42.7 Å². The van der Waals surface area contributed by atoms with Crippen LogP contribution in [0.15, 0.2) is 59.5 Å². The largest absolute Gasteiger partial charge is 0.497 e. The molecular formula is C26H30N2O6S. The van der Waals surface area contributed by atoms with Gasteiger partial charge in [0.15, 0.2) is 6.61 Å². The molecule has 3 rings (SSSR count). The third-order valence-electron chi connectivity index (χ3n) is 5.83. The summed E-state index contributed by atoms with van der Waals surface area (Å²) in [4.78, 5) is 25.4. The van der Waals surface area contributed by atoms with Crippen LogP contribution in [0.5, 0.6) is 5.75 Å². The second-order valence-electron chi connectivity index (χ2n) is 7.93. The molecule has 0 atom stereocenters. The highest BCUT2D eigenvalue weighted by Gasteiger charge is 2.22. The summed E-state index contributed by atoms with van der Waals surface area (Å²) in [6.07, 6.45) is 0. The van der Waals surface area contributed by atoms with Gasteiger partial charge in [0.1, 0.15) is 5.75 Å². The SMILES string of the molecule is CCN(CC)S(=O)(=O)c1ccc(C(=O)OCC(=O)c2cc(C)n(-c3ccc(OC)cc3)c2C)cc1. The predicted octanol–water partition coefficient (Wildman–Crippen LogP) is 4.17. The molecule has 1 aromatic heterocycles. The Morgan fingerprint density at radius 3 is 2.09 bits per heavy atom. The summed E-state index contributed by atoms with van der Waals surface area (Å²) in [6.45, 7) is 7.53. The van der Waals surface area contributed by atoms with E-state index < -0.39 is 22.6 Å². The molecule has 2 aromatic carbocycles. The van der Waals surface area contributed by atoms with Crippen molar-refractivity contribution in [1.29, 1.82) is 0 Å². The molecule has 3 aromatic rings. The Morgan fingerprint density at radius 2 is 1.54 bits per heavy atom. The molecule has 0 aliphatic heterocycles. The average molecular weight is 499 g/mol. The molecule has 35 heavy (non-hydrogen) atoms. The van der Waals surface area contributed by atoms with Gasteiger partial charge in [-0.05, 0) is 68.4 Å². The van der Waals surface area contributed by atoms with Gasteiger partial charge in [-0.3, -0.25) is 4.79 Å². The van der Waals surface area contributed by atoms with Gasteiger partial charge in [0.25, 0.3) is 0 Å². The molecule has 0 saturated carbocycles. The summed E-state index contributed by atoms with van der Waals surface area (Å²) in [6, 6.07) is 14.8. The molecule has 0 amide bonds. The van der Waals surface area contributed by atoms with Gasteiger partial charge in [0, 0.05) is 35.7 Å². The van der Waals surface area contributed by atoms with E-state index in [-0.39, 0.29) is 16.2 Å². The quantitative estimate of drug-likeness (QED) is 0.308. The van der Waals surface area contributed by atoms with Crippen LogP contribution in [0.4, 0.5) is 0 Å². The van der Waals surface area contributed by atoms with Crippen LogP contribution in [0.1, 0.15) is 46.0 Å². The van der Waals surface area contributed by atoms with Crippen molar-refractivity contribution < 1.29 is 27.5 Å². The monoisotopic (exact) mass is 498 g/mol. The van der Waals surface area contributed by atoms with Crippen LogP contribution >= 0.6 is 0 Å². The molecule has 0 aliphatic carbocycles. The number of aryl methyl sites for hydroxylation is 1. The van der Waals surface area contributed by atoms with Crippen molar-refractivity contribution >= 4 is 21.8 Å². The Labute approximate surface area is 206 Å². The Balaban J connectivity index is 1.70. The molecule has 0 aliphatic rings. The topological polar surface area (TPSA) is 94.9 Å². The second-order valence-corrected chi connectivity index (χ2v) is 9.87. The lowest BCUT2D eigenvalue weighted by molar-refractivity contribution is 0.0474. The van der Waals surface area contributed by atoms with Crippen molar-refractivity contribution in [1.82, 2.24) is 8.87 Å². The number of hydrogen-bond donors (Lipinski definition) is 0. The van der Waals surface area contributed by atoms with E-state index in [0.717, 1.165) is 22.8 Å². The zero-order valence-electron chi connectivity index (χ0n) is 20.6. The fourth-order valence-electron chi connectivity index (χ4n) is 3.94. The maximum Gasteiger partial charge on any atom is 0.338 e. The highest BCUT2D eigenvalue weighted by Crippen LogP contribution is 2.23. The summed E-state index contributed by atoms with van der Waals surface area (Å²) in [5.74, 6) is -0.292. The first-order valence-electron chi connectivity index (χ1n) is 11.3. The molecule has 0 unspecified atom stereocenters. The van der Waals surface area contributed by atoms with Crippen LogP contribution in [-0.4, -0.2) is 55.8 Å². The first kappa shape index (κ1) is 26.2. The van der Waals surface area contributed by atoms with Crippen LogP contribution in [-0.2, 0) is 14.8 Å². The van der Waals surface area contributed by atoms with Crippen LogP contribution in [0.2, 0.25) is 0 Å². The van der Waals surface area contributed by atoms with Crippen molar-refractivity contribution in [3.63, 3.8) is 0 Å². The number of ether oxygens (including phenoxy) is 2. The predicted molar refractivity (Wildman–Crippen MR) is 133 cm³/mol. The Hall–Kier alpha value is -3.43. The molecule has 0 saturated heterocycles. The number of hydrogen-bond acceptors (Lipinski definition) is 6. The molecule has 0 radical (unpaired) electrons. The molecule has 8 nitrogen and oxygen atoms in total. The number of carbonyl (C=O) groups is 2. The fraction of sp³-hybridized carbons (Fsp3) is 0.308. The third-order valence-corrected chi connectivity index (χ3v) is 7.89. The number of nitrogens with zero attached hydrogens (tertiary/aromatic N) is 2. The molecule has 0 fully saturated rings. The van der Waals surface area contributed by atoms with Gasteiger partial charge < -0.3 is 14.0 Å². The fourth-order valence-corrected chi connectivity index (χ4v) is 5.40. The number of benzene rings is 2. The maximum absolute atomic E-state index is 12.8. The van der Waals surface area contributed by atoms with E-state index in [0.29, 0.717) is 18.7 Å². The Morgan fingerprint density at radius 1 is 0.943 bits per heavy atom. The van der Waals surface area contributed by atoms with E-state index in [1.54, 1.807) is 27.0 Å². The van der Waals surface area contributed by atoms with E-state index in [9.17, 15) is 18.0 Å². The van der Waals surface area contributed by atoms with Gasteiger partial charge in [-0.25, -0.2) is 13.2 Å². The van der Waals surface area contributed by atoms with Crippen LogP contribution in [0.25, 0.3) is 5.69 Å². The Kier molecular flexibility index (Phi) is 8.14. The first-order chi connectivity index (χ1) is 16.6. The van der Waals surface area contributed by atoms with Gasteiger partial charge in [-0.1, -0.05) is 13.8 Å². The standard InChI is InChI=1S/C26H30N2O6S/c1-6-27(7-2)35(31,32)23-14-8-20(9-15-23)26(30)34-17-25(29)24-16-18(3)28(19(24)4)21-10-12-22(33-5)13-11-21/h8-16H,6-7,17H2,1-5H3. The third kappa shape index (κ3) is 5.47. The number of sulfonamides is 1. The number of methoxy groups -OCH3 is 1. The molecule has 0 N–H and O–H groups in total. The molecule has 0 spiro atoms. The number of esters is 1. The minimum absolute atomic E-state index is 0.0970. The number of rotatable bonds is 10. The highest BCUT2D eigenvalue weighted by atomic mass is 32.2. The highest BCUT2D eigenvalue weighted by molar-refractivity contribution is 7.89. The molecule has 186 valence electrons. The summed E-state index contributed by atoms with van der Waals surface area (Å²) in [5, 5.41) is 0. The smallest absolute Gasteiger partial charge is 0.338 e. The van der Waals surface area contributed by atoms with Gasteiger partial charge in [-0.15, -0.1) is 0 Å². The van der Waals surface area contributed by atoms with Gasteiger partial charge in [0.05, 0.1) is 17.6 Å². The van der Waals surface area contributed by atoms with Gasteiger partial charge in [0.2, 0.25) is 15.8 Å². The van der Waals surface area contributed by atoms with E-state index in [4.69, 9.17) is 9.47 Å². The van der Waals surface area contributed by atoms with Gasteiger partial charge in [-0.2, -0.15) is 4.31 Å². The number of aromatic nitrogens is 1. The number of carbonyl (C=O) groups excluding carboxylic acids is 2. The lowest BCUT2D eigenvalue weighted by Crippen LogP contribution is -2.30. The molecule has 0 bridgehead atoms. The summed E-state index contributed by atoms with van der Waals surface area (Å²) in [7, 11) is -2.02. The normalized spacial score (nSPS) is 11.5.